The number of aromatic nitrogens is 2. The minimum atomic E-state index is 0.330. The first-order chi connectivity index (χ1) is 7.16. The lowest BCUT2D eigenvalue weighted by Gasteiger charge is -2.11. The fourth-order valence-electron chi connectivity index (χ4n) is 1.36. The van der Waals surface area contributed by atoms with Crippen LogP contribution in [-0.4, -0.2) is 30.0 Å². The van der Waals surface area contributed by atoms with E-state index in [-0.39, 0.29) is 0 Å². The molecule has 0 aliphatic heterocycles. The van der Waals surface area contributed by atoms with Crippen LogP contribution in [-0.2, 0) is 11.3 Å². The predicted molar refractivity (Wildman–Crippen MR) is 61.2 cm³/mol. The summed E-state index contributed by atoms with van der Waals surface area (Å²) in [4.78, 5) is 0. The molecular weight excluding hydrogens is 214 g/mol. The Morgan fingerprint density at radius 3 is 2.93 bits per heavy atom. The zero-order valence-corrected chi connectivity index (χ0v) is 10.2. The van der Waals surface area contributed by atoms with E-state index in [0.29, 0.717) is 17.7 Å². The van der Waals surface area contributed by atoms with Gasteiger partial charge in [0.25, 0.3) is 0 Å². The minimum absolute atomic E-state index is 0.330. The Bertz CT molecular complexity index is 299. The Balaban J connectivity index is 2.54. The molecule has 1 heterocycles. The summed E-state index contributed by atoms with van der Waals surface area (Å²) >= 11 is 6.05. The van der Waals surface area contributed by atoms with Crippen molar-refractivity contribution in [1.82, 2.24) is 15.1 Å². The second kappa shape index (κ2) is 6.10. The summed E-state index contributed by atoms with van der Waals surface area (Å²) < 4.78 is 6.88. The van der Waals surface area contributed by atoms with E-state index < -0.39 is 0 Å². The number of methoxy groups -OCH3 is 1. The van der Waals surface area contributed by atoms with Crippen LogP contribution in [0.5, 0.6) is 0 Å². The number of nitrogens with zero attached hydrogens (tertiary/aromatic N) is 2. The second-order valence-electron chi connectivity index (χ2n) is 3.65. The lowest BCUT2D eigenvalue weighted by molar-refractivity contribution is 0.199. The van der Waals surface area contributed by atoms with E-state index in [1.807, 2.05) is 4.68 Å². The third-order valence-electron chi connectivity index (χ3n) is 2.11. The molecule has 0 aliphatic rings. The average Bonchev–Trinajstić information content (AvgIpc) is 2.55. The zero-order chi connectivity index (χ0) is 11.3. The summed E-state index contributed by atoms with van der Waals surface area (Å²) in [5.74, 6) is 0. The highest BCUT2D eigenvalue weighted by Gasteiger charge is 2.10. The van der Waals surface area contributed by atoms with Gasteiger partial charge < -0.3 is 10.1 Å². The molecule has 1 N–H and O–H groups in total. The quantitative estimate of drug-likeness (QED) is 0.760. The number of hydrogen-bond donors (Lipinski definition) is 1. The van der Waals surface area contributed by atoms with Crippen LogP contribution >= 0.6 is 11.6 Å². The Morgan fingerprint density at radius 1 is 1.60 bits per heavy atom. The van der Waals surface area contributed by atoms with Crippen molar-refractivity contribution in [3.05, 3.63) is 16.9 Å². The van der Waals surface area contributed by atoms with Crippen LogP contribution in [0.25, 0.3) is 0 Å². The molecule has 0 saturated heterocycles. The lowest BCUT2D eigenvalue weighted by Crippen LogP contribution is -2.21. The number of rotatable bonds is 6. The number of halogens is 1. The maximum Gasteiger partial charge on any atom is 0.0831 e. The van der Waals surface area contributed by atoms with Crippen molar-refractivity contribution >= 4 is 11.6 Å². The first-order valence-electron chi connectivity index (χ1n) is 5.08. The van der Waals surface area contributed by atoms with E-state index in [9.17, 15) is 0 Å². The molecule has 1 aromatic rings. The fraction of sp³-hybridized carbons (Fsp3) is 0.700. The maximum atomic E-state index is 6.05. The van der Waals surface area contributed by atoms with Gasteiger partial charge in [0.05, 0.1) is 23.5 Å². The molecule has 1 aromatic heterocycles. The molecule has 1 rings (SSSR count). The molecule has 0 aromatic carbocycles. The molecule has 0 aliphatic carbocycles. The van der Waals surface area contributed by atoms with Crippen LogP contribution in [0.4, 0.5) is 0 Å². The van der Waals surface area contributed by atoms with Gasteiger partial charge in [-0.2, -0.15) is 5.10 Å². The molecular formula is C10H18ClN3O. The molecule has 0 radical (unpaired) electrons. The second-order valence-corrected chi connectivity index (χ2v) is 4.05. The molecule has 0 amide bonds. The highest BCUT2D eigenvalue weighted by atomic mass is 35.5. The van der Waals surface area contributed by atoms with Crippen molar-refractivity contribution in [3.63, 3.8) is 0 Å². The molecule has 0 bridgehead atoms. The largest absolute Gasteiger partial charge is 0.383 e. The predicted octanol–water partition coefficient (Wildman–Crippen LogP) is 1.85. The van der Waals surface area contributed by atoms with Crippen LogP contribution < -0.4 is 5.32 Å². The molecule has 0 unspecified atom stereocenters. The van der Waals surface area contributed by atoms with Gasteiger partial charge in [-0.25, -0.2) is 0 Å². The molecule has 86 valence electrons. The van der Waals surface area contributed by atoms with E-state index in [4.69, 9.17) is 16.3 Å². The summed E-state index contributed by atoms with van der Waals surface area (Å²) in [6, 6.07) is 0.330. The SMILES string of the molecule is COCCNCc1c(Cl)cnn1C(C)C. The van der Waals surface area contributed by atoms with Gasteiger partial charge in [0, 0.05) is 26.2 Å². The van der Waals surface area contributed by atoms with Gasteiger partial charge in [0.1, 0.15) is 0 Å². The Morgan fingerprint density at radius 2 is 2.33 bits per heavy atom. The van der Waals surface area contributed by atoms with Crippen molar-refractivity contribution in [1.29, 1.82) is 0 Å². The first kappa shape index (κ1) is 12.5. The van der Waals surface area contributed by atoms with Gasteiger partial charge >= 0.3 is 0 Å². The number of ether oxygens (including phenoxy) is 1. The number of nitrogens with one attached hydrogen (secondary N) is 1. The Labute approximate surface area is 95.6 Å². The maximum absolute atomic E-state index is 6.05. The van der Waals surface area contributed by atoms with E-state index >= 15 is 0 Å². The van der Waals surface area contributed by atoms with Gasteiger partial charge in [0.15, 0.2) is 0 Å². The molecule has 15 heavy (non-hydrogen) atoms. The summed E-state index contributed by atoms with van der Waals surface area (Å²) in [6.45, 7) is 6.41. The van der Waals surface area contributed by atoms with Crippen molar-refractivity contribution in [2.45, 2.75) is 26.4 Å². The van der Waals surface area contributed by atoms with E-state index in [1.165, 1.54) is 0 Å². The minimum Gasteiger partial charge on any atom is -0.383 e. The molecule has 0 atom stereocenters. The Kier molecular flexibility index (Phi) is 5.08. The van der Waals surface area contributed by atoms with Crippen molar-refractivity contribution in [2.75, 3.05) is 20.3 Å². The van der Waals surface area contributed by atoms with Crippen LogP contribution in [0, 0.1) is 0 Å². The zero-order valence-electron chi connectivity index (χ0n) is 9.46. The van der Waals surface area contributed by atoms with Crippen molar-refractivity contribution in [3.8, 4) is 0 Å². The smallest absolute Gasteiger partial charge is 0.0831 e. The van der Waals surface area contributed by atoms with Gasteiger partial charge in [-0.05, 0) is 13.8 Å². The Hall–Kier alpha value is -0.580. The third-order valence-corrected chi connectivity index (χ3v) is 2.43. The summed E-state index contributed by atoms with van der Waals surface area (Å²) in [6.07, 6.45) is 1.69. The van der Waals surface area contributed by atoms with Crippen LogP contribution in [0.2, 0.25) is 5.02 Å². The fourth-order valence-corrected chi connectivity index (χ4v) is 1.56. The molecule has 0 saturated carbocycles. The first-order valence-corrected chi connectivity index (χ1v) is 5.46. The van der Waals surface area contributed by atoms with Crippen LogP contribution in [0.15, 0.2) is 6.20 Å². The summed E-state index contributed by atoms with van der Waals surface area (Å²) in [7, 11) is 1.69. The van der Waals surface area contributed by atoms with Crippen molar-refractivity contribution < 1.29 is 4.74 Å². The van der Waals surface area contributed by atoms with Crippen molar-refractivity contribution in [2.24, 2.45) is 0 Å². The standard InChI is InChI=1S/C10H18ClN3O/c1-8(2)14-10(9(11)6-13-14)7-12-4-5-15-3/h6,8,12H,4-5,7H2,1-3H3. The van der Waals surface area contributed by atoms with E-state index in [1.54, 1.807) is 13.3 Å². The highest BCUT2D eigenvalue weighted by Crippen LogP contribution is 2.18. The van der Waals surface area contributed by atoms with E-state index in [2.05, 4.69) is 24.3 Å². The van der Waals surface area contributed by atoms with Gasteiger partial charge in [0.2, 0.25) is 0 Å². The van der Waals surface area contributed by atoms with Gasteiger partial charge in [-0.15, -0.1) is 0 Å². The third kappa shape index (κ3) is 3.48. The molecule has 4 nitrogen and oxygen atoms in total. The molecule has 5 heteroatoms. The van der Waals surface area contributed by atoms with Gasteiger partial charge in [-0.1, -0.05) is 11.6 Å². The van der Waals surface area contributed by atoms with E-state index in [0.717, 1.165) is 18.8 Å². The lowest BCUT2D eigenvalue weighted by atomic mass is 10.3. The van der Waals surface area contributed by atoms with Crippen LogP contribution in [0.3, 0.4) is 0 Å². The summed E-state index contributed by atoms with van der Waals surface area (Å²) in [5, 5.41) is 8.20. The monoisotopic (exact) mass is 231 g/mol. The normalized spacial score (nSPS) is 11.3. The van der Waals surface area contributed by atoms with Gasteiger partial charge in [-0.3, -0.25) is 4.68 Å². The van der Waals surface area contributed by atoms with Crippen LogP contribution in [0.1, 0.15) is 25.6 Å². The average molecular weight is 232 g/mol. The number of hydrogen-bond acceptors (Lipinski definition) is 3. The topological polar surface area (TPSA) is 39.1 Å². The molecule has 0 fully saturated rings. The molecule has 0 spiro atoms. The summed E-state index contributed by atoms with van der Waals surface area (Å²) in [5.41, 5.74) is 1.03. The highest BCUT2D eigenvalue weighted by molar-refractivity contribution is 6.31.